The molecule has 0 aromatic rings. The van der Waals surface area contributed by atoms with Gasteiger partial charge in [-0.15, -0.1) is 0 Å². The zero-order chi connectivity index (χ0) is 22.4. The van der Waals surface area contributed by atoms with Crippen LogP contribution in [0.4, 0.5) is 4.79 Å². The van der Waals surface area contributed by atoms with E-state index in [1.54, 1.807) is 20.8 Å². The predicted molar refractivity (Wildman–Crippen MR) is 107 cm³/mol. The summed E-state index contributed by atoms with van der Waals surface area (Å²) < 4.78 is 10.0. The maximum atomic E-state index is 12.9. The van der Waals surface area contributed by atoms with Crippen LogP contribution in [-0.2, 0) is 23.9 Å². The van der Waals surface area contributed by atoms with Crippen LogP contribution in [0.3, 0.4) is 0 Å². The first-order valence-electron chi connectivity index (χ1n) is 9.87. The Morgan fingerprint density at radius 3 is 2.17 bits per heavy atom. The van der Waals surface area contributed by atoms with Gasteiger partial charge in [0.1, 0.15) is 17.7 Å². The van der Waals surface area contributed by atoms with Crippen LogP contribution in [0.25, 0.3) is 0 Å². The molecule has 3 atom stereocenters. The zero-order valence-electron chi connectivity index (χ0n) is 18.5. The number of ether oxygens (including phenoxy) is 2. The Labute approximate surface area is 172 Å². The van der Waals surface area contributed by atoms with Gasteiger partial charge in [0.15, 0.2) is 0 Å². The summed E-state index contributed by atoms with van der Waals surface area (Å²) in [6.45, 7) is 11.5. The lowest BCUT2D eigenvalue weighted by Gasteiger charge is -2.29. The SMILES string of the molecule is COC(=O)C(C[C@@H]1CCNC1=O)NC(=O)C(CC(C)(C)C)NC(=O)OC(C)(C)C. The Balaban J connectivity index is 2.91. The smallest absolute Gasteiger partial charge is 0.408 e. The van der Waals surface area contributed by atoms with Crippen molar-refractivity contribution in [3.63, 3.8) is 0 Å². The number of hydrogen-bond donors (Lipinski definition) is 3. The molecule has 0 saturated carbocycles. The maximum absolute atomic E-state index is 12.9. The molecule has 3 N–H and O–H groups in total. The van der Waals surface area contributed by atoms with Crippen molar-refractivity contribution in [3.05, 3.63) is 0 Å². The van der Waals surface area contributed by atoms with Crippen LogP contribution < -0.4 is 16.0 Å². The van der Waals surface area contributed by atoms with Gasteiger partial charge in [-0.3, -0.25) is 9.59 Å². The maximum Gasteiger partial charge on any atom is 0.408 e. The quantitative estimate of drug-likeness (QED) is 0.544. The van der Waals surface area contributed by atoms with Gasteiger partial charge < -0.3 is 25.4 Å². The van der Waals surface area contributed by atoms with Crippen LogP contribution in [0.15, 0.2) is 0 Å². The third-order valence-electron chi connectivity index (χ3n) is 4.31. The predicted octanol–water partition coefficient (Wildman–Crippen LogP) is 1.50. The molecule has 0 spiro atoms. The van der Waals surface area contributed by atoms with Crippen molar-refractivity contribution in [2.75, 3.05) is 13.7 Å². The molecule has 0 radical (unpaired) electrons. The van der Waals surface area contributed by atoms with Crippen molar-refractivity contribution in [1.82, 2.24) is 16.0 Å². The summed E-state index contributed by atoms with van der Waals surface area (Å²) in [7, 11) is 1.22. The molecule has 3 amide bonds. The summed E-state index contributed by atoms with van der Waals surface area (Å²) in [4.78, 5) is 49.2. The molecule has 0 aliphatic carbocycles. The normalized spacial score (nSPS) is 19.0. The summed E-state index contributed by atoms with van der Waals surface area (Å²) in [6.07, 6.45) is 0.338. The van der Waals surface area contributed by atoms with Gasteiger partial charge in [0.05, 0.1) is 7.11 Å². The highest BCUT2D eigenvalue weighted by atomic mass is 16.6. The van der Waals surface area contributed by atoms with E-state index in [-0.39, 0.29) is 23.7 Å². The second-order valence-electron chi connectivity index (χ2n) is 9.56. The first-order valence-corrected chi connectivity index (χ1v) is 9.87. The molecule has 9 heteroatoms. The molecule has 1 fully saturated rings. The summed E-state index contributed by atoms with van der Waals surface area (Å²) in [5, 5.41) is 7.94. The van der Waals surface area contributed by atoms with Gasteiger partial charge in [0.2, 0.25) is 11.8 Å². The third kappa shape index (κ3) is 9.15. The fraction of sp³-hybridized carbons (Fsp3) is 0.800. The van der Waals surface area contributed by atoms with E-state index < -0.39 is 35.7 Å². The monoisotopic (exact) mass is 413 g/mol. The van der Waals surface area contributed by atoms with E-state index in [4.69, 9.17) is 9.47 Å². The number of carbonyl (C=O) groups excluding carboxylic acids is 4. The number of amides is 3. The highest BCUT2D eigenvalue weighted by Gasteiger charge is 2.35. The molecular weight excluding hydrogens is 378 g/mol. The van der Waals surface area contributed by atoms with Crippen LogP contribution in [0.2, 0.25) is 0 Å². The van der Waals surface area contributed by atoms with E-state index in [0.29, 0.717) is 19.4 Å². The summed E-state index contributed by atoms with van der Waals surface area (Å²) >= 11 is 0. The molecule has 0 aromatic carbocycles. The number of rotatable bonds is 7. The van der Waals surface area contributed by atoms with Crippen molar-refractivity contribution < 1.29 is 28.7 Å². The number of alkyl carbamates (subject to hydrolysis) is 1. The van der Waals surface area contributed by atoms with Crippen molar-refractivity contribution in [2.24, 2.45) is 11.3 Å². The molecule has 29 heavy (non-hydrogen) atoms. The first kappa shape index (κ1) is 24.7. The minimum atomic E-state index is -0.982. The van der Waals surface area contributed by atoms with Crippen molar-refractivity contribution in [1.29, 1.82) is 0 Å². The lowest BCUT2D eigenvalue weighted by molar-refractivity contribution is -0.146. The molecule has 1 rings (SSSR count). The largest absolute Gasteiger partial charge is 0.467 e. The van der Waals surface area contributed by atoms with Crippen LogP contribution >= 0.6 is 0 Å². The highest BCUT2D eigenvalue weighted by Crippen LogP contribution is 2.22. The average Bonchev–Trinajstić information content (AvgIpc) is 2.94. The second-order valence-corrected chi connectivity index (χ2v) is 9.56. The first-order chi connectivity index (χ1) is 13.2. The van der Waals surface area contributed by atoms with Gasteiger partial charge in [-0.25, -0.2) is 9.59 Å². The van der Waals surface area contributed by atoms with Crippen molar-refractivity contribution in [2.45, 2.75) is 78.5 Å². The van der Waals surface area contributed by atoms with Gasteiger partial charge in [-0.05, 0) is 45.4 Å². The van der Waals surface area contributed by atoms with E-state index in [1.807, 2.05) is 20.8 Å². The standard InChI is InChI=1S/C20H35N3O6/c1-19(2,3)11-14(23-18(27)29-20(4,5)6)16(25)22-13(17(26)28-7)10-12-8-9-21-15(12)24/h12-14H,8-11H2,1-7H3,(H,21,24)(H,22,25)(H,23,27)/t12-,13?,14?/m0/s1. The molecule has 2 unspecified atom stereocenters. The Bertz CT molecular complexity index is 621. The third-order valence-corrected chi connectivity index (χ3v) is 4.31. The van der Waals surface area contributed by atoms with Gasteiger partial charge in [-0.2, -0.15) is 0 Å². The summed E-state index contributed by atoms with van der Waals surface area (Å²) in [6, 6.07) is -1.89. The lowest BCUT2D eigenvalue weighted by atomic mass is 9.87. The molecule has 0 aromatic heterocycles. The molecule has 166 valence electrons. The molecule has 0 bridgehead atoms. The highest BCUT2D eigenvalue weighted by molar-refractivity contribution is 5.90. The van der Waals surface area contributed by atoms with Crippen molar-refractivity contribution >= 4 is 23.9 Å². The second kappa shape index (κ2) is 9.93. The van der Waals surface area contributed by atoms with Crippen LogP contribution in [-0.4, -0.2) is 55.2 Å². The topological polar surface area (TPSA) is 123 Å². The molecule has 1 aliphatic heterocycles. The molecule has 1 heterocycles. The van der Waals surface area contributed by atoms with Crippen LogP contribution in [0.5, 0.6) is 0 Å². The van der Waals surface area contributed by atoms with E-state index in [2.05, 4.69) is 16.0 Å². The molecule has 9 nitrogen and oxygen atoms in total. The molecular formula is C20H35N3O6. The van der Waals surface area contributed by atoms with Gasteiger partial charge in [0, 0.05) is 12.5 Å². The van der Waals surface area contributed by atoms with E-state index in [0.717, 1.165) is 0 Å². The fourth-order valence-electron chi connectivity index (χ4n) is 3.05. The lowest BCUT2D eigenvalue weighted by Crippen LogP contribution is -2.54. The number of esters is 1. The Kier molecular flexibility index (Phi) is 8.47. The number of methoxy groups -OCH3 is 1. The number of nitrogens with one attached hydrogen (secondary N) is 3. The van der Waals surface area contributed by atoms with Crippen molar-refractivity contribution in [3.8, 4) is 0 Å². The molecule has 1 aliphatic rings. The minimum Gasteiger partial charge on any atom is -0.467 e. The summed E-state index contributed by atoms with van der Waals surface area (Å²) in [5.41, 5.74) is -0.986. The minimum absolute atomic E-state index is 0.138. The average molecular weight is 414 g/mol. The summed E-state index contributed by atoms with van der Waals surface area (Å²) in [5.74, 6) is -1.69. The Morgan fingerprint density at radius 2 is 1.72 bits per heavy atom. The van der Waals surface area contributed by atoms with Crippen LogP contribution in [0.1, 0.15) is 60.8 Å². The van der Waals surface area contributed by atoms with E-state index in [9.17, 15) is 19.2 Å². The van der Waals surface area contributed by atoms with E-state index >= 15 is 0 Å². The van der Waals surface area contributed by atoms with E-state index in [1.165, 1.54) is 7.11 Å². The fourth-order valence-corrected chi connectivity index (χ4v) is 3.05. The Hall–Kier alpha value is -2.32. The Morgan fingerprint density at radius 1 is 1.10 bits per heavy atom. The number of hydrogen-bond acceptors (Lipinski definition) is 6. The van der Waals surface area contributed by atoms with Gasteiger partial charge in [-0.1, -0.05) is 20.8 Å². The van der Waals surface area contributed by atoms with Gasteiger partial charge in [0.25, 0.3) is 0 Å². The van der Waals surface area contributed by atoms with Gasteiger partial charge >= 0.3 is 12.1 Å². The number of carbonyl (C=O) groups is 4. The molecule has 1 saturated heterocycles. The zero-order valence-corrected chi connectivity index (χ0v) is 18.5. The van der Waals surface area contributed by atoms with Crippen LogP contribution in [0, 0.1) is 11.3 Å².